The lowest BCUT2D eigenvalue weighted by atomic mass is 10.2. The van der Waals surface area contributed by atoms with Gasteiger partial charge in [0.15, 0.2) is 0 Å². The van der Waals surface area contributed by atoms with Gasteiger partial charge in [0.25, 0.3) is 0 Å². The van der Waals surface area contributed by atoms with Crippen LogP contribution in [0.4, 0.5) is 10.5 Å². The van der Waals surface area contributed by atoms with E-state index in [0.717, 1.165) is 5.56 Å². The molecular formula is C16H19N3O. The lowest BCUT2D eigenvalue weighted by Crippen LogP contribution is -2.39. The fraction of sp³-hybridized carbons (Fsp3) is 0.250. The lowest BCUT2D eigenvalue weighted by Gasteiger charge is -2.27. The molecule has 104 valence electrons. The molecule has 20 heavy (non-hydrogen) atoms. The molecule has 1 N–H and O–H groups in total. The summed E-state index contributed by atoms with van der Waals surface area (Å²) in [4.78, 5) is 18.1. The normalized spacial score (nSPS) is 10.3. The number of rotatable bonds is 4. The molecule has 0 radical (unpaired) electrons. The van der Waals surface area contributed by atoms with Crippen molar-refractivity contribution in [2.75, 3.05) is 5.32 Å². The molecule has 0 bridgehead atoms. The van der Waals surface area contributed by atoms with Gasteiger partial charge in [-0.1, -0.05) is 30.3 Å². The second kappa shape index (κ2) is 6.70. The summed E-state index contributed by atoms with van der Waals surface area (Å²) in [6.45, 7) is 4.60. The molecule has 0 unspecified atom stereocenters. The summed E-state index contributed by atoms with van der Waals surface area (Å²) in [5.74, 6) is 0. The molecule has 0 spiro atoms. The highest BCUT2D eigenvalue weighted by molar-refractivity contribution is 5.89. The number of nitrogens with one attached hydrogen (secondary N) is 1. The monoisotopic (exact) mass is 269 g/mol. The van der Waals surface area contributed by atoms with Gasteiger partial charge in [-0.2, -0.15) is 0 Å². The predicted molar refractivity (Wildman–Crippen MR) is 80.4 cm³/mol. The maximum absolute atomic E-state index is 12.3. The molecule has 0 atom stereocenters. The molecule has 0 saturated carbocycles. The molecule has 1 heterocycles. The molecular weight excluding hydrogens is 250 g/mol. The molecule has 0 saturated heterocycles. The van der Waals surface area contributed by atoms with Gasteiger partial charge >= 0.3 is 6.03 Å². The van der Waals surface area contributed by atoms with Gasteiger partial charge in [-0.05, 0) is 31.5 Å². The van der Waals surface area contributed by atoms with Crippen molar-refractivity contribution in [2.24, 2.45) is 0 Å². The average Bonchev–Trinajstić information content (AvgIpc) is 2.46. The Morgan fingerprint density at radius 3 is 2.55 bits per heavy atom. The Kier molecular flexibility index (Phi) is 4.71. The van der Waals surface area contributed by atoms with Crippen LogP contribution in [0.5, 0.6) is 0 Å². The van der Waals surface area contributed by atoms with Gasteiger partial charge in [-0.15, -0.1) is 0 Å². The van der Waals surface area contributed by atoms with Crippen molar-refractivity contribution in [2.45, 2.75) is 26.4 Å². The highest BCUT2D eigenvalue weighted by Gasteiger charge is 2.17. The molecule has 4 nitrogen and oxygen atoms in total. The van der Waals surface area contributed by atoms with Crippen LogP contribution in [-0.2, 0) is 6.54 Å². The Morgan fingerprint density at radius 2 is 1.95 bits per heavy atom. The molecule has 1 aromatic heterocycles. The molecule has 1 aromatic carbocycles. The zero-order chi connectivity index (χ0) is 14.4. The second-order valence-corrected chi connectivity index (χ2v) is 4.88. The summed E-state index contributed by atoms with van der Waals surface area (Å²) in [5.41, 5.74) is 1.82. The Morgan fingerprint density at radius 1 is 1.20 bits per heavy atom. The van der Waals surface area contributed by atoms with Gasteiger partial charge in [-0.3, -0.25) is 4.98 Å². The van der Waals surface area contributed by atoms with E-state index in [0.29, 0.717) is 12.2 Å². The van der Waals surface area contributed by atoms with Crippen molar-refractivity contribution in [1.29, 1.82) is 0 Å². The Bertz CT molecular complexity index is 540. The van der Waals surface area contributed by atoms with Gasteiger partial charge in [0.1, 0.15) is 0 Å². The number of pyridine rings is 1. The number of carbonyl (C=O) groups is 1. The summed E-state index contributed by atoms with van der Waals surface area (Å²) >= 11 is 0. The number of urea groups is 1. The zero-order valence-electron chi connectivity index (χ0n) is 11.8. The first kappa shape index (κ1) is 14.1. The van der Waals surface area contributed by atoms with Crippen molar-refractivity contribution in [3.05, 3.63) is 60.4 Å². The van der Waals surface area contributed by atoms with E-state index in [1.165, 1.54) is 0 Å². The summed E-state index contributed by atoms with van der Waals surface area (Å²) in [6.07, 6.45) is 3.32. The van der Waals surface area contributed by atoms with E-state index in [1.807, 2.05) is 50.2 Å². The lowest BCUT2D eigenvalue weighted by molar-refractivity contribution is 0.193. The van der Waals surface area contributed by atoms with Crippen molar-refractivity contribution in [3.63, 3.8) is 0 Å². The number of anilines is 1. The van der Waals surface area contributed by atoms with Crippen LogP contribution in [0.3, 0.4) is 0 Å². The van der Waals surface area contributed by atoms with E-state index < -0.39 is 0 Å². The Hall–Kier alpha value is -2.36. The van der Waals surface area contributed by atoms with E-state index in [1.54, 1.807) is 23.4 Å². The molecule has 4 heteroatoms. The first-order valence-corrected chi connectivity index (χ1v) is 6.68. The molecule has 0 aliphatic carbocycles. The van der Waals surface area contributed by atoms with Crippen molar-refractivity contribution >= 4 is 11.7 Å². The maximum atomic E-state index is 12.3. The van der Waals surface area contributed by atoms with E-state index >= 15 is 0 Å². The van der Waals surface area contributed by atoms with Gasteiger partial charge < -0.3 is 10.2 Å². The highest BCUT2D eigenvalue weighted by atomic mass is 16.2. The zero-order valence-corrected chi connectivity index (χ0v) is 11.8. The quantitative estimate of drug-likeness (QED) is 0.923. The Labute approximate surface area is 119 Å². The third kappa shape index (κ3) is 3.82. The van der Waals surface area contributed by atoms with Crippen LogP contribution >= 0.6 is 0 Å². The number of hydrogen-bond acceptors (Lipinski definition) is 2. The van der Waals surface area contributed by atoms with Crippen LogP contribution in [-0.4, -0.2) is 22.0 Å². The molecule has 0 aliphatic rings. The summed E-state index contributed by atoms with van der Waals surface area (Å²) in [5, 5.41) is 2.87. The second-order valence-electron chi connectivity index (χ2n) is 4.88. The number of benzene rings is 1. The maximum Gasteiger partial charge on any atom is 0.322 e. The SMILES string of the molecule is CC(C)N(Cc1ccccc1)C(=O)Nc1cccnc1. The third-order valence-electron chi connectivity index (χ3n) is 2.99. The third-order valence-corrected chi connectivity index (χ3v) is 2.99. The van der Waals surface area contributed by atoms with Crippen LogP contribution in [0, 0.1) is 0 Å². The number of hydrogen-bond donors (Lipinski definition) is 1. The van der Waals surface area contributed by atoms with Crippen molar-refractivity contribution < 1.29 is 4.79 Å². The number of nitrogens with zero attached hydrogens (tertiary/aromatic N) is 2. The van der Waals surface area contributed by atoms with Crippen LogP contribution in [0.15, 0.2) is 54.9 Å². The van der Waals surface area contributed by atoms with Crippen LogP contribution in [0.1, 0.15) is 19.4 Å². The van der Waals surface area contributed by atoms with Gasteiger partial charge in [0.2, 0.25) is 0 Å². The first-order valence-electron chi connectivity index (χ1n) is 6.68. The van der Waals surface area contributed by atoms with Crippen molar-refractivity contribution in [1.82, 2.24) is 9.88 Å². The van der Waals surface area contributed by atoms with Gasteiger partial charge in [0, 0.05) is 18.8 Å². The van der Waals surface area contributed by atoms with E-state index in [4.69, 9.17) is 0 Å². The molecule has 2 aromatic rings. The summed E-state index contributed by atoms with van der Waals surface area (Å²) in [6, 6.07) is 13.6. The van der Waals surface area contributed by atoms with E-state index in [-0.39, 0.29) is 12.1 Å². The van der Waals surface area contributed by atoms with Crippen molar-refractivity contribution in [3.8, 4) is 0 Å². The predicted octanol–water partition coefficient (Wildman–Crippen LogP) is 3.52. The summed E-state index contributed by atoms with van der Waals surface area (Å²) in [7, 11) is 0. The largest absolute Gasteiger partial charge is 0.322 e. The molecule has 0 aliphatic heterocycles. The number of amides is 2. The van der Waals surface area contributed by atoms with E-state index in [9.17, 15) is 4.79 Å². The summed E-state index contributed by atoms with van der Waals surface area (Å²) < 4.78 is 0. The van der Waals surface area contributed by atoms with Crippen LogP contribution in [0.2, 0.25) is 0 Å². The topological polar surface area (TPSA) is 45.2 Å². The minimum atomic E-state index is -0.114. The molecule has 2 amide bonds. The molecule has 2 rings (SSSR count). The average molecular weight is 269 g/mol. The molecule has 0 fully saturated rings. The minimum absolute atomic E-state index is 0.114. The Balaban J connectivity index is 2.07. The van der Waals surface area contributed by atoms with Gasteiger partial charge in [-0.25, -0.2) is 4.79 Å². The minimum Gasteiger partial charge on any atom is -0.318 e. The van der Waals surface area contributed by atoms with Crippen LogP contribution in [0.25, 0.3) is 0 Å². The smallest absolute Gasteiger partial charge is 0.318 e. The fourth-order valence-corrected chi connectivity index (χ4v) is 1.90. The standard InChI is InChI=1S/C16H19N3O/c1-13(2)19(12-14-7-4-3-5-8-14)16(20)18-15-9-6-10-17-11-15/h3-11,13H,12H2,1-2H3,(H,18,20). The van der Waals surface area contributed by atoms with Gasteiger partial charge in [0.05, 0.1) is 11.9 Å². The number of aromatic nitrogens is 1. The highest BCUT2D eigenvalue weighted by Crippen LogP contribution is 2.11. The first-order chi connectivity index (χ1) is 9.66. The van der Waals surface area contributed by atoms with E-state index in [2.05, 4.69) is 10.3 Å². The number of carbonyl (C=O) groups excluding carboxylic acids is 1. The fourth-order valence-electron chi connectivity index (χ4n) is 1.90. The van der Waals surface area contributed by atoms with Crippen LogP contribution < -0.4 is 5.32 Å².